The fourth-order valence-corrected chi connectivity index (χ4v) is 2.19. The summed E-state index contributed by atoms with van der Waals surface area (Å²) in [7, 11) is 0. The molecular formula is C15H14BrNO2. The van der Waals surface area contributed by atoms with Crippen molar-refractivity contribution in [3.05, 3.63) is 57.6 Å². The van der Waals surface area contributed by atoms with Crippen LogP contribution in [0.4, 0.5) is 5.69 Å². The molecule has 0 aliphatic carbocycles. The molecule has 0 radical (unpaired) electrons. The van der Waals surface area contributed by atoms with Crippen LogP contribution >= 0.6 is 15.9 Å². The summed E-state index contributed by atoms with van der Waals surface area (Å²) in [6, 6.07) is 10.7. The number of halogens is 1. The molecule has 0 aliphatic heterocycles. The number of hydrogen-bond acceptors (Lipinski definition) is 2. The average molecular weight is 320 g/mol. The Balaban J connectivity index is 2.27. The molecular weight excluding hydrogens is 306 g/mol. The van der Waals surface area contributed by atoms with E-state index in [2.05, 4.69) is 21.2 Å². The molecule has 2 rings (SSSR count). The molecule has 0 atom stereocenters. The molecule has 0 aliphatic rings. The number of nitrogens with one attached hydrogen (secondary N) is 1. The normalized spacial score (nSPS) is 10.3. The molecule has 0 unspecified atom stereocenters. The molecule has 2 aromatic rings. The monoisotopic (exact) mass is 319 g/mol. The van der Waals surface area contributed by atoms with Crippen molar-refractivity contribution in [3.63, 3.8) is 0 Å². The smallest absolute Gasteiger partial charge is 0.255 e. The van der Waals surface area contributed by atoms with E-state index < -0.39 is 0 Å². The van der Waals surface area contributed by atoms with Crippen LogP contribution in [0.15, 0.2) is 40.9 Å². The van der Waals surface area contributed by atoms with Crippen LogP contribution in [0.5, 0.6) is 5.75 Å². The van der Waals surface area contributed by atoms with Gasteiger partial charge in [-0.05, 0) is 43.7 Å². The first-order chi connectivity index (χ1) is 8.99. The number of anilines is 1. The van der Waals surface area contributed by atoms with Crippen molar-refractivity contribution in [2.75, 3.05) is 5.32 Å². The fourth-order valence-electron chi connectivity index (χ4n) is 1.80. The van der Waals surface area contributed by atoms with E-state index in [0.29, 0.717) is 16.8 Å². The molecule has 0 heterocycles. The minimum absolute atomic E-state index is 0.201. The average Bonchev–Trinajstić information content (AvgIpc) is 2.39. The van der Waals surface area contributed by atoms with E-state index in [1.54, 1.807) is 37.3 Å². The highest BCUT2D eigenvalue weighted by atomic mass is 79.9. The zero-order chi connectivity index (χ0) is 14.0. The summed E-state index contributed by atoms with van der Waals surface area (Å²) < 4.78 is 0.851. The SMILES string of the molecule is Cc1ccc(NC(=O)c2cccc(Br)c2)c(C)c1O. The highest BCUT2D eigenvalue weighted by molar-refractivity contribution is 9.10. The lowest BCUT2D eigenvalue weighted by molar-refractivity contribution is 0.102. The van der Waals surface area contributed by atoms with Gasteiger partial charge in [-0.15, -0.1) is 0 Å². The van der Waals surface area contributed by atoms with Crippen molar-refractivity contribution in [1.82, 2.24) is 0 Å². The number of carbonyl (C=O) groups excluding carboxylic acids is 1. The van der Waals surface area contributed by atoms with Gasteiger partial charge in [0.15, 0.2) is 0 Å². The maximum Gasteiger partial charge on any atom is 0.255 e. The van der Waals surface area contributed by atoms with E-state index in [1.165, 1.54) is 0 Å². The van der Waals surface area contributed by atoms with Crippen molar-refractivity contribution in [2.45, 2.75) is 13.8 Å². The Morgan fingerprint density at radius 3 is 2.63 bits per heavy atom. The Bertz CT molecular complexity index is 638. The molecule has 98 valence electrons. The Labute approximate surface area is 120 Å². The van der Waals surface area contributed by atoms with Gasteiger partial charge >= 0.3 is 0 Å². The molecule has 2 N–H and O–H groups in total. The van der Waals surface area contributed by atoms with Gasteiger partial charge in [0.1, 0.15) is 5.75 Å². The highest BCUT2D eigenvalue weighted by Crippen LogP contribution is 2.28. The molecule has 0 aromatic heterocycles. The Morgan fingerprint density at radius 2 is 1.95 bits per heavy atom. The molecule has 0 saturated carbocycles. The fraction of sp³-hybridized carbons (Fsp3) is 0.133. The van der Waals surface area contributed by atoms with E-state index in [4.69, 9.17) is 0 Å². The van der Waals surface area contributed by atoms with Crippen molar-refractivity contribution in [3.8, 4) is 5.75 Å². The minimum atomic E-state index is -0.201. The van der Waals surface area contributed by atoms with Crippen LogP contribution in [0.1, 0.15) is 21.5 Å². The van der Waals surface area contributed by atoms with Gasteiger partial charge in [-0.2, -0.15) is 0 Å². The number of amides is 1. The lowest BCUT2D eigenvalue weighted by Gasteiger charge is -2.11. The molecule has 19 heavy (non-hydrogen) atoms. The molecule has 3 nitrogen and oxygen atoms in total. The summed E-state index contributed by atoms with van der Waals surface area (Å²) >= 11 is 3.33. The molecule has 0 fully saturated rings. The zero-order valence-electron chi connectivity index (χ0n) is 10.7. The van der Waals surface area contributed by atoms with E-state index in [1.807, 2.05) is 13.0 Å². The van der Waals surface area contributed by atoms with Crippen LogP contribution in [0.25, 0.3) is 0 Å². The third kappa shape index (κ3) is 2.96. The molecule has 4 heteroatoms. The van der Waals surface area contributed by atoms with Crippen LogP contribution in [-0.2, 0) is 0 Å². The first-order valence-electron chi connectivity index (χ1n) is 5.85. The summed E-state index contributed by atoms with van der Waals surface area (Å²) in [5.74, 6) is 0.0136. The van der Waals surface area contributed by atoms with E-state index in [9.17, 15) is 9.90 Å². The van der Waals surface area contributed by atoms with Gasteiger partial charge in [0, 0.05) is 21.3 Å². The van der Waals surface area contributed by atoms with E-state index in [0.717, 1.165) is 10.0 Å². The number of aryl methyl sites for hydroxylation is 1. The second kappa shape index (κ2) is 5.45. The van der Waals surface area contributed by atoms with Crippen LogP contribution in [0.3, 0.4) is 0 Å². The number of benzene rings is 2. The minimum Gasteiger partial charge on any atom is -0.507 e. The van der Waals surface area contributed by atoms with Crippen molar-refractivity contribution in [2.24, 2.45) is 0 Å². The number of aromatic hydroxyl groups is 1. The van der Waals surface area contributed by atoms with Gasteiger partial charge in [0.05, 0.1) is 0 Å². The van der Waals surface area contributed by atoms with Crippen molar-refractivity contribution < 1.29 is 9.90 Å². The van der Waals surface area contributed by atoms with E-state index >= 15 is 0 Å². The number of rotatable bonds is 2. The number of carbonyl (C=O) groups is 1. The van der Waals surface area contributed by atoms with Crippen molar-refractivity contribution >= 4 is 27.5 Å². The summed E-state index contributed by atoms with van der Waals surface area (Å²) in [4.78, 5) is 12.1. The summed E-state index contributed by atoms with van der Waals surface area (Å²) in [5.41, 5.74) is 2.64. The maximum atomic E-state index is 12.1. The maximum absolute atomic E-state index is 12.1. The van der Waals surface area contributed by atoms with E-state index in [-0.39, 0.29) is 11.7 Å². The Kier molecular flexibility index (Phi) is 3.90. The quantitative estimate of drug-likeness (QED) is 0.878. The summed E-state index contributed by atoms with van der Waals surface area (Å²) in [5, 5.41) is 12.7. The van der Waals surface area contributed by atoms with Gasteiger partial charge in [-0.1, -0.05) is 28.1 Å². The number of hydrogen-bond donors (Lipinski definition) is 2. The first-order valence-corrected chi connectivity index (χ1v) is 6.64. The topological polar surface area (TPSA) is 49.3 Å². The third-order valence-corrected chi connectivity index (χ3v) is 3.46. The second-order valence-corrected chi connectivity index (χ2v) is 5.28. The summed E-state index contributed by atoms with van der Waals surface area (Å²) in [6.07, 6.45) is 0. The number of phenols is 1. The first kappa shape index (κ1) is 13.6. The molecule has 1 amide bonds. The predicted octanol–water partition coefficient (Wildman–Crippen LogP) is 4.02. The standard InChI is InChI=1S/C15H14BrNO2/c1-9-6-7-13(10(2)14(9)18)17-15(19)11-4-3-5-12(16)8-11/h3-8,18H,1-2H3,(H,17,19). The van der Waals surface area contributed by atoms with Gasteiger partial charge in [-0.3, -0.25) is 4.79 Å². The van der Waals surface area contributed by atoms with Crippen LogP contribution < -0.4 is 5.32 Å². The summed E-state index contributed by atoms with van der Waals surface area (Å²) in [6.45, 7) is 3.60. The Hall–Kier alpha value is -1.81. The van der Waals surface area contributed by atoms with Crippen LogP contribution in [-0.4, -0.2) is 11.0 Å². The van der Waals surface area contributed by atoms with Gasteiger partial charge in [0.25, 0.3) is 5.91 Å². The number of phenolic OH excluding ortho intramolecular Hbond substituents is 1. The third-order valence-electron chi connectivity index (χ3n) is 2.97. The van der Waals surface area contributed by atoms with Crippen LogP contribution in [0, 0.1) is 13.8 Å². The lowest BCUT2D eigenvalue weighted by atomic mass is 10.1. The van der Waals surface area contributed by atoms with Gasteiger partial charge in [0.2, 0.25) is 0 Å². The van der Waals surface area contributed by atoms with Crippen molar-refractivity contribution in [1.29, 1.82) is 0 Å². The van der Waals surface area contributed by atoms with Gasteiger partial charge in [-0.25, -0.2) is 0 Å². The Morgan fingerprint density at radius 1 is 1.21 bits per heavy atom. The lowest BCUT2D eigenvalue weighted by Crippen LogP contribution is -2.12. The molecule has 0 saturated heterocycles. The van der Waals surface area contributed by atoms with Gasteiger partial charge < -0.3 is 10.4 Å². The largest absolute Gasteiger partial charge is 0.507 e. The predicted molar refractivity (Wildman–Crippen MR) is 79.7 cm³/mol. The molecule has 0 spiro atoms. The molecule has 2 aromatic carbocycles. The highest BCUT2D eigenvalue weighted by Gasteiger charge is 2.11. The molecule has 0 bridgehead atoms. The zero-order valence-corrected chi connectivity index (χ0v) is 12.3. The second-order valence-electron chi connectivity index (χ2n) is 4.37. The van der Waals surface area contributed by atoms with Crippen LogP contribution in [0.2, 0.25) is 0 Å².